The van der Waals surface area contributed by atoms with Crippen molar-refractivity contribution in [3.63, 3.8) is 0 Å². The first-order valence-electron chi connectivity index (χ1n) is 6.91. The third-order valence-corrected chi connectivity index (χ3v) is 4.19. The first kappa shape index (κ1) is 13.4. The minimum atomic E-state index is 0.862. The van der Waals surface area contributed by atoms with Gasteiger partial charge in [-0.1, -0.05) is 25.1 Å². The number of para-hydroxylation sites is 1. The van der Waals surface area contributed by atoms with E-state index in [-0.39, 0.29) is 0 Å². The van der Waals surface area contributed by atoms with Gasteiger partial charge >= 0.3 is 0 Å². The Kier molecular flexibility index (Phi) is 3.87. The number of benzene rings is 1. The molecule has 1 aliphatic rings. The quantitative estimate of drug-likeness (QED) is 0.925. The van der Waals surface area contributed by atoms with Crippen LogP contribution in [0.4, 0.5) is 17.3 Å². The lowest BCUT2D eigenvalue weighted by Gasteiger charge is -2.20. The molecule has 2 aromatic rings. The van der Waals surface area contributed by atoms with Crippen LogP contribution in [-0.2, 0) is 6.42 Å². The molecule has 0 saturated carbocycles. The monoisotopic (exact) mass is 332 g/mol. The average Bonchev–Trinajstić information content (AvgIpc) is 2.90. The lowest BCUT2D eigenvalue weighted by Crippen LogP contribution is -2.16. The van der Waals surface area contributed by atoms with Crippen LogP contribution in [-0.4, -0.2) is 23.1 Å². The lowest BCUT2D eigenvalue weighted by atomic mass is 10.2. The Morgan fingerprint density at radius 2 is 2.15 bits per heavy atom. The number of nitrogens with zero attached hydrogens (tertiary/aromatic N) is 3. The Hall–Kier alpha value is -1.62. The third kappa shape index (κ3) is 2.38. The van der Waals surface area contributed by atoms with Gasteiger partial charge in [-0.25, -0.2) is 9.97 Å². The van der Waals surface area contributed by atoms with Crippen molar-refractivity contribution in [2.75, 3.05) is 23.3 Å². The highest BCUT2D eigenvalue weighted by atomic mass is 79.9. The number of hydrogen-bond acceptors (Lipinski definition) is 4. The molecule has 1 aromatic carbocycles. The van der Waals surface area contributed by atoms with Crippen LogP contribution in [0.15, 0.2) is 35.1 Å². The van der Waals surface area contributed by atoms with Gasteiger partial charge in [0.05, 0.1) is 0 Å². The fourth-order valence-corrected chi connectivity index (χ4v) is 3.03. The van der Waals surface area contributed by atoms with Crippen LogP contribution in [0.3, 0.4) is 0 Å². The molecule has 2 heterocycles. The van der Waals surface area contributed by atoms with Gasteiger partial charge in [-0.15, -0.1) is 0 Å². The Labute approximate surface area is 127 Å². The maximum absolute atomic E-state index is 4.46. The second-order valence-electron chi connectivity index (χ2n) is 4.82. The van der Waals surface area contributed by atoms with E-state index in [2.05, 4.69) is 67.3 Å². The van der Waals surface area contributed by atoms with Crippen molar-refractivity contribution in [1.82, 2.24) is 9.97 Å². The largest absolute Gasteiger partial charge is 0.369 e. The highest BCUT2D eigenvalue weighted by Gasteiger charge is 2.23. The SMILES string of the molecule is CCCNc1ncnc(N2CCc3ccccc32)c1Br. The molecule has 0 bridgehead atoms. The molecule has 0 spiro atoms. The fourth-order valence-electron chi connectivity index (χ4n) is 2.47. The van der Waals surface area contributed by atoms with Crippen LogP contribution in [0.1, 0.15) is 18.9 Å². The van der Waals surface area contributed by atoms with E-state index in [0.717, 1.165) is 42.0 Å². The zero-order valence-electron chi connectivity index (χ0n) is 11.4. The van der Waals surface area contributed by atoms with Gasteiger partial charge in [0.2, 0.25) is 0 Å². The van der Waals surface area contributed by atoms with E-state index in [1.165, 1.54) is 11.3 Å². The minimum Gasteiger partial charge on any atom is -0.369 e. The Balaban J connectivity index is 1.96. The molecule has 0 aliphatic carbocycles. The summed E-state index contributed by atoms with van der Waals surface area (Å²) in [4.78, 5) is 11.0. The van der Waals surface area contributed by atoms with Crippen LogP contribution < -0.4 is 10.2 Å². The number of hydrogen-bond donors (Lipinski definition) is 1. The molecule has 0 saturated heterocycles. The van der Waals surface area contributed by atoms with E-state index >= 15 is 0 Å². The molecule has 1 aromatic heterocycles. The van der Waals surface area contributed by atoms with Gasteiger partial charge in [-0.2, -0.15) is 0 Å². The average molecular weight is 333 g/mol. The van der Waals surface area contributed by atoms with E-state index in [0.29, 0.717) is 0 Å². The summed E-state index contributed by atoms with van der Waals surface area (Å²) in [5, 5.41) is 3.33. The van der Waals surface area contributed by atoms with Gasteiger partial charge in [-0.05, 0) is 40.4 Å². The Morgan fingerprint density at radius 3 is 3.00 bits per heavy atom. The van der Waals surface area contributed by atoms with Gasteiger partial charge < -0.3 is 10.2 Å². The second kappa shape index (κ2) is 5.79. The van der Waals surface area contributed by atoms with Crippen LogP contribution in [0.2, 0.25) is 0 Å². The zero-order chi connectivity index (χ0) is 13.9. The number of aromatic nitrogens is 2. The number of fused-ring (bicyclic) bond motifs is 1. The molecule has 5 heteroatoms. The van der Waals surface area contributed by atoms with E-state index < -0.39 is 0 Å². The van der Waals surface area contributed by atoms with Crippen molar-refractivity contribution in [2.45, 2.75) is 19.8 Å². The molecule has 0 fully saturated rings. The van der Waals surface area contributed by atoms with Crippen LogP contribution in [0.5, 0.6) is 0 Å². The molecule has 0 atom stereocenters. The number of anilines is 3. The summed E-state index contributed by atoms with van der Waals surface area (Å²) in [6.45, 7) is 4.01. The van der Waals surface area contributed by atoms with Crippen molar-refractivity contribution in [3.05, 3.63) is 40.6 Å². The van der Waals surface area contributed by atoms with Crippen molar-refractivity contribution >= 4 is 33.3 Å². The minimum absolute atomic E-state index is 0.862. The molecule has 20 heavy (non-hydrogen) atoms. The molecule has 104 valence electrons. The van der Waals surface area contributed by atoms with Gasteiger partial charge in [0.15, 0.2) is 5.82 Å². The van der Waals surface area contributed by atoms with Crippen LogP contribution in [0, 0.1) is 0 Å². The van der Waals surface area contributed by atoms with Crippen molar-refractivity contribution in [2.24, 2.45) is 0 Å². The summed E-state index contributed by atoms with van der Waals surface area (Å²) in [5.41, 5.74) is 2.62. The van der Waals surface area contributed by atoms with Gasteiger partial charge in [0.1, 0.15) is 16.6 Å². The third-order valence-electron chi connectivity index (χ3n) is 3.46. The Morgan fingerprint density at radius 1 is 1.30 bits per heavy atom. The zero-order valence-corrected chi connectivity index (χ0v) is 13.0. The summed E-state index contributed by atoms with van der Waals surface area (Å²) < 4.78 is 0.935. The first-order valence-corrected chi connectivity index (χ1v) is 7.70. The lowest BCUT2D eigenvalue weighted by molar-refractivity contribution is 0.940. The van der Waals surface area contributed by atoms with Crippen molar-refractivity contribution < 1.29 is 0 Å². The predicted molar refractivity (Wildman–Crippen MR) is 85.7 cm³/mol. The fraction of sp³-hybridized carbons (Fsp3) is 0.333. The molecule has 0 unspecified atom stereocenters. The summed E-state index contributed by atoms with van der Waals surface area (Å²) in [6.07, 6.45) is 3.75. The van der Waals surface area contributed by atoms with Gasteiger partial charge in [-0.3, -0.25) is 0 Å². The molecule has 4 nitrogen and oxygen atoms in total. The molecule has 1 aliphatic heterocycles. The summed E-state index contributed by atoms with van der Waals surface area (Å²) >= 11 is 3.64. The number of rotatable bonds is 4. The van der Waals surface area contributed by atoms with E-state index in [4.69, 9.17) is 0 Å². The normalized spacial score (nSPS) is 13.4. The van der Waals surface area contributed by atoms with E-state index in [1.807, 2.05) is 0 Å². The van der Waals surface area contributed by atoms with Crippen molar-refractivity contribution in [1.29, 1.82) is 0 Å². The predicted octanol–water partition coefficient (Wildman–Crippen LogP) is 3.76. The highest BCUT2D eigenvalue weighted by molar-refractivity contribution is 9.10. The maximum Gasteiger partial charge on any atom is 0.152 e. The second-order valence-corrected chi connectivity index (χ2v) is 5.61. The van der Waals surface area contributed by atoms with E-state index in [9.17, 15) is 0 Å². The van der Waals surface area contributed by atoms with E-state index in [1.54, 1.807) is 6.33 Å². The maximum atomic E-state index is 4.46. The number of halogens is 1. The molecule has 0 radical (unpaired) electrons. The molecule has 3 rings (SSSR count). The number of nitrogens with one attached hydrogen (secondary N) is 1. The summed E-state index contributed by atoms with van der Waals surface area (Å²) in [7, 11) is 0. The molecule has 1 N–H and O–H groups in total. The topological polar surface area (TPSA) is 41.1 Å². The molecular weight excluding hydrogens is 316 g/mol. The summed E-state index contributed by atoms with van der Waals surface area (Å²) in [5.74, 6) is 1.80. The smallest absolute Gasteiger partial charge is 0.152 e. The highest BCUT2D eigenvalue weighted by Crippen LogP contribution is 2.38. The van der Waals surface area contributed by atoms with Crippen molar-refractivity contribution in [3.8, 4) is 0 Å². The van der Waals surface area contributed by atoms with Crippen LogP contribution in [0.25, 0.3) is 0 Å². The standard InChI is InChI=1S/C15H17BrN4/c1-2-8-17-14-13(16)15(19-10-18-14)20-9-7-11-5-3-4-6-12(11)20/h3-6,10H,2,7-9H2,1H3,(H,17,18,19). The van der Waals surface area contributed by atoms with Gasteiger partial charge in [0.25, 0.3) is 0 Å². The molecule has 0 amide bonds. The first-order chi connectivity index (χ1) is 9.81. The van der Waals surface area contributed by atoms with Gasteiger partial charge in [0, 0.05) is 18.8 Å². The molecular formula is C15H17BrN4. The summed E-state index contributed by atoms with van der Waals surface area (Å²) in [6, 6.07) is 8.49. The Bertz CT molecular complexity index is 615. The van der Waals surface area contributed by atoms with Crippen LogP contribution >= 0.6 is 15.9 Å².